The summed E-state index contributed by atoms with van der Waals surface area (Å²) in [5, 5.41) is 0. The minimum Gasteiger partial charge on any atom is -0.457 e. The number of nitrogen functional groups attached to an aromatic ring is 1. The molecule has 110 valence electrons. The topological polar surface area (TPSA) is 48.1 Å². The first-order chi connectivity index (χ1) is 10.6. The van der Waals surface area contributed by atoms with Gasteiger partial charge >= 0.3 is 0 Å². The molecule has 3 aromatic rings. The van der Waals surface area contributed by atoms with Gasteiger partial charge in [-0.1, -0.05) is 12.1 Å². The monoisotopic (exact) mass is 294 g/mol. The molecule has 2 aromatic carbocycles. The zero-order valence-corrected chi connectivity index (χ0v) is 12.1. The lowest BCUT2D eigenvalue weighted by Gasteiger charge is -2.10. The van der Waals surface area contributed by atoms with Crippen LogP contribution in [0.5, 0.6) is 11.5 Å². The van der Waals surface area contributed by atoms with Crippen LogP contribution in [0.2, 0.25) is 0 Å². The molecule has 3 rings (SSSR count). The number of anilines is 1. The Morgan fingerprint density at radius 2 is 1.82 bits per heavy atom. The molecule has 22 heavy (non-hydrogen) atoms. The minimum absolute atomic E-state index is 0.271. The summed E-state index contributed by atoms with van der Waals surface area (Å²) >= 11 is 0. The van der Waals surface area contributed by atoms with Crippen molar-refractivity contribution in [2.75, 3.05) is 5.73 Å². The number of aromatic nitrogens is 1. The van der Waals surface area contributed by atoms with E-state index in [4.69, 9.17) is 10.5 Å². The van der Waals surface area contributed by atoms with Gasteiger partial charge in [-0.3, -0.25) is 0 Å². The summed E-state index contributed by atoms with van der Waals surface area (Å²) in [4.78, 5) is 4.08. The van der Waals surface area contributed by atoms with Crippen LogP contribution in [0.1, 0.15) is 5.56 Å². The Balaban J connectivity index is 1.84. The highest BCUT2D eigenvalue weighted by Crippen LogP contribution is 2.29. The average molecular weight is 294 g/mol. The summed E-state index contributed by atoms with van der Waals surface area (Å²) in [6, 6.07) is 15.8. The van der Waals surface area contributed by atoms with E-state index in [2.05, 4.69) is 4.98 Å². The molecule has 0 spiro atoms. The SMILES string of the molecule is Cc1cc(F)ccc1Oc1ccc(-c2cccnc2N)cc1. The van der Waals surface area contributed by atoms with Gasteiger partial charge < -0.3 is 10.5 Å². The Morgan fingerprint density at radius 1 is 1.05 bits per heavy atom. The summed E-state index contributed by atoms with van der Waals surface area (Å²) in [6.07, 6.45) is 1.66. The van der Waals surface area contributed by atoms with Crippen molar-refractivity contribution in [2.24, 2.45) is 0 Å². The quantitative estimate of drug-likeness (QED) is 0.769. The van der Waals surface area contributed by atoms with Crippen LogP contribution in [0.25, 0.3) is 11.1 Å². The molecule has 0 aliphatic rings. The molecule has 3 nitrogen and oxygen atoms in total. The predicted octanol–water partition coefficient (Wildman–Crippen LogP) is 4.57. The van der Waals surface area contributed by atoms with Gasteiger partial charge in [0.05, 0.1) is 0 Å². The minimum atomic E-state index is -0.271. The first-order valence-corrected chi connectivity index (χ1v) is 6.88. The van der Waals surface area contributed by atoms with Crippen molar-refractivity contribution < 1.29 is 9.13 Å². The lowest BCUT2D eigenvalue weighted by atomic mass is 10.1. The first-order valence-electron chi connectivity index (χ1n) is 6.88. The van der Waals surface area contributed by atoms with E-state index in [-0.39, 0.29) is 5.82 Å². The second-order valence-electron chi connectivity index (χ2n) is 4.97. The Morgan fingerprint density at radius 3 is 2.50 bits per heavy atom. The third-order valence-corrected chi connectivity index (χ3v) is 3.37. The molecule has 0 radical (unpaired) electrons. The van der Waals surface area contributed by atoms with Crippen LogP contribution in [-0.2, 0) is 0 Å². The van der Waals surface area contributed by atoms with E-state index in [0.29, 0.717) is 17.3 Å². The van der Waals surface area contributed by atoms with Crippen LogP contribution in [0.15, 0.2) is 60.8 Å². The van der Waals surface area contributed by atoms with Crippen LogP contribution in [-0.4, -0.2) is 4.98 Å². The van der Waals surface area contributed by atoms with Gasteiger partial charge in [0.2, 0.25) is 0 Å². The van der Waals surface area contributed by atoms with Gasteiger partial charge in [0.15, 0.2) is 0 Å². The number of pyridine rings is 1. The molecule has 0 bridgehead atoms. The van der Waals surface area contributed by atoms with Crippen LogP contribution in [0.4, 0.5) is 10.2 Å². The fraction of sp³-hybridized carbons (Fsp3) is 0.0556. The zero-order chi connectivity index (χ0) is 15.5. The fourth-order valence-electron chi connectivity index (χ4n) is 2.22. The number of hydrogen-bond donors (Lipinski definition) is 1. The maximum absolute atomic E-state index is 13.1. The molecule has 0 fully saturated rings. The normalized spacial score (nSPS) is 10.5. The average Bonchev–Trinajstić information content (AvgIpc) is 2.51. The second-order valence-corrected chi connectivity index (χ2v) is 4.97. The molecule has 1 heterocycles. The van der Waals surface area contributed by atoms with E-state index >= 15 is 0 Å². The van der Waals surface area contributed by atoms with Gasteiger partial charge in [0, 0.05) is 11.8 Å². The molecule has 0 unspecified atom stereocenters. The largest absolute Gasteiger partial charge is 0.457 e. The standard InChI is InChI=1S/C18H15FN2O/c1-12-11-14(19)6-9-17(12)22-15-7-4-13(5-8-15)16-3-2-10-21-18(16)20/h2-11H,1H3,(H2,20,21). The summed E-state index contributed by atoms with van der Waals surface area (Å²) in [5.74, 6) is 1.54. The van der Waals surface area contributed by atoms with E-state index in [1.165, 1.54) is 12.1 Å². The van der Waals surface area contributed by atoms with E-state index < -0.39 is 0 Å². The van der Waals surface area contributed by atoms with Gasteiger partial charge in [-0.25, -0.2) is 9.37 Å². The molecule has 0 amide bonds. The Labute approximate surface area is 128 Å². The predicted molar refractivity (Wildman–Crippen MR) is 85.3 cm³/mol. The van der Waals surface area contributed by atoms with Crippen molar-refractivity contribution in [3.05, 3.63) is 72.2 Å². The fourth-order valence-corrected chi connectivity index (χ4v) is 2.22. The number of nitrogens with two attached hydrogens (primary N) is 1. The van der Waals surface area contributed by atoms with Crippen LogP contribution in [0, 0.1) is 12.7 Å². The van der Waals surface area contributed by atoms with Crippen LogP contribution >= 0.6 is 0 Å². The van der Waals surface area contributed by atoms with E-state index in [0.717, 1.165) is 16.7 Å². The first kappa shape index (κ1) is 14.1. The third-order valence-electron chi connectivity index (χ3n) is 3.37. The highest BCUT2D eigenvalue weighted by atomic mass is 19.1. The van der Waals surface area contributed by atoms with Crippen molar-refractivity contribution in [3.63, 3.8) is 0 Å². The van der Waals surface area contributed by atoms with Gasteiger partial charge in [0.1, 0.15) is 23.1 Å². The number of benzene rings is 2. The molecule has 0 saturated heterocycles. The van der Waals surface area contributed by atoms with Crippen molar-refractivity contribution in [1.82, 2.24) is 4.98 Å². The van der Waals surface area contributed by atoms with Crippen molar-refractivity contribution in [2.45, 2.75) is 6.92 Å². The summed E-state index contributed by atoms with van der Waals surface area (Å²) in [6.45, 7) is 1.81. The number of aryl methyl sites for hydroxylation is 1. The molecule has 0 saturated carbocycles. The maximum Gasteiger partial charge on any atom is 0.131 e. The van der Waals surface area contributed by atoms with Crippen molar-refractivity contribution >= 4 is 5.82 Å². The lowest BCUT2D eigenvalue weighted by Crippen LogP contribution is -1.93. The van der Waals surface area contributed by atoms with Crippen molar-refractivity contribution in [1.29, 1.82) is 0 Å². The second kappa shape index (κ2) is 5.85. The van der Waals surface area contributed by atoms with Gasteiger partial charge in [-0.15, -0.1) is 0 Å². The van der Waals surface area contributed by atoms with Gasteiger partial charge in [0.25, 0.3) is 0 Å². The van der Waals surface area contributed by atoms with E-state index in [1.54, 1.807) is 12.3 Å². The maximum atomic E-state index is 13.1. The number of ether oxygens (including phenoxy) is 1. The smallest absolute Gasteiger partial charge is 0.131 e. The van der Waals surface area contributed by atoms with E-state index in [9.17, 15) is 4.39 Å². The lowest BCUT2D eigenvalue weighted by molar-refractivity contribution is 0.476. The summed E-state index contributed by atoms with van der Waals surface area (Å²) in [5.41, 5.74) is 8.47. The highest BCUT2D eigenvalue weighted by molar-refractivity contribution is 5.73. The van der Waals surface area contributed by atoms with E-state index in [1.807, 2.05) is 43.3 Å². The number of hydrogen-bond acceptors (Lipinski definition) is 3. The molecule has 2 N–H and O–H groups in total. The third kappa shape index (κ3) is 2.91. The molecule has 0 aliphatic carbocycles. The Bertz CT molecular complexity index is 800. The Hall–Kier alpha value is -2.88. The van der Waals surface area contributed by atoms with Crippen LogP contribution in [0.3, 0.4) is 0 Å². The number of nitrogens with zero attached hydrogens (tertiary/aromatic N) is 1. The molecule has 0 atom stereocenters. The van der Waals surface area contributed by atoms with Crippen LogP contribution < -0.4 is 10.5 Å². The Kier molecular flexibility index (Phi) is 3.74. The highest BCUT2D eigenvalue weighted by Gasteiger charge is 2.05. The van der Waals surface area contributed by atoms with Gasteiger partial charge in [-0.05, 0) is 60.5 Å². The van der Waals surface area contributed by atoms with Crippen molar-refractivity contribution in [3.8, 4) is 22.6 Å². The number of rotatable bonds is 3. The molecular weight excluding hydrogens is 279 g/mol. The molecule has 4 heteroatoms. The zero-order valence-electron chi connectivity index (χ0n) is 12.1. The molecular formula is C18H15FN2O. The number of halogens is 1. The molecule has 0 aliphatic heterocycles. The summed E-state index contributed by atoms with van der Waals surface area (Å²) < 4.78 is 18.9. The van der Waals surface area contributed by atoms with Gasteiger partial charge in [-0.2, -0.15) is 0 Å². The molecule has 1 aromatic heterocycles. The summed E-state index contributed by atoms with van der Waals surface area (Å²) in [7, 11) is 0.